The van der Waals surface area contributed by atoms with Crippen molar-refractivity contribution in [3.05, 3.63) is 59.9 Å². The number of likely N-dealkylation sites (tertiary alicyclic amines) is 2. The van der Waals surface area contributed by atoms with Crippen LogP contribution in [-0.4, -0.2) is 56.4 Å². The average Bonchev–Trinajstić information content (AvgIpc) is 3.21. The summed E-state index contributed by atoms with van der Waals surface area (Å²) in [7, 11) is 0. The molecule has 2 saturated heterocycles. The number of hydrogen-bond acceptors (Lipinski definition) is 4. The van der Waals surface area contributed by atoms with E-state index >= 15 is 0 Å². The summed E-state index contributed by atoms with van der Waals surface area (Å²) < 4.78 is 1.75. The predicted octanol–water partition coefficient (Wildman–Crippen LogP) is 1.96. The van der Waals surface area contributed by atoms with Gasteiger partial charge in [0, 0.05) is 13.1 Å². The van der Waals surface area contributed by atoms with Crippen LogP contribution in [0.2, 0.25) is 0 Å². The summed E-state index contributed by atoms with van der Waals surface area (Å²) in [4.78, 5) is 41.4. The van der Waals surface area contributed by atoms with Crippen LogP contribution in [0.3, 0.4) is 0 Å². The van der Waals surface area contributed by atoms with Gasteiger partial charge in [-0.05, 0) is 31.9 Å². The van der Waals surface area contributed by atoms with Crippen molar-refractivity contribution in [3.8, 4) is 5.69 Å². The number of fused-ring (bicyclic) bond motifs is 1. The van der Waals surface area contributed by atoms with Gasteiger partial charge in [-0.3, -0.25) is 19.3 Å². The lowest BCUT2D eigenvalue weighted by Crippen LogP contribution is -2.62. The molecule has 5 rings (SSSR count). The maximum atomic E-state index is 12.9. The fraction of sp³-hybridized carbons (Fsp3) is 0.364. The van der Waals surface area contributed by atoms with Crippen molar-refractivity contribution in [2.45, 2.75) is 25.8 Å². The molecule has 0 bridgehead atoms. The molecule has 0 radical (unpaired) electrons. The molecule has 2 aliphatic heterocycles. The minimum atomic E-state index is -0.219. The predicted molar refractivity (Wildman–Crippen MR) is 105 cm³/mol. The van der Waals surface area contributed by atoms with E-state index in [0.717, 1.165) is 11.4 Å². The maximum absolute atomic E-state index is 12.9. The number of para-hydroxylation sites is 1. The molecule has 7 nitrogen and oxygen atoms in total. The van der Waals surface area contributed by atoms with Crippen LogP contribution in [0.15, 0.2) is 48.7 Å². The van der Waals surface area contributed by atoms with E-state index in [4.69, 9.17) is 0 Å². The smallest absolute Gasteiger partial charge is 0.257 e. The largest absolute Gasteiger partial charge is 0.334 e. The van der Waals surface area contributed by atoms with E-state index in [1.165, 1.54) is 4.90 Å². The number of carbonyl (C=O) groups excluding carboxylic acids is 3. The van der Waals surface area contributed by atoms with E-state index in [2.05, 4.69) is 5.10 Å². The Balaban J connectivity index is 1.28. The van der Waals surface area contributed by atoms with Crippen LogP contribution in [0, 0.1) is 18.8 Å². The molecule has 1 aromatic carbocycles. The molecule has 0 spiro atoms. The quantitative estimate of drug-likeness (QED) is 0.593. The topological polar surface area (TPSA) is 75.5 Å². The van der Waals surface area contributed by atoms with Crippen LogP contribution in [-0.2, 0) is 9.59 Å². The molecule has 1 aliphatic carbocycles. The first-order chi connectivity index (χ1) is 14.1. The number of amides is 3. The van der Waals surface area contributed by atoms with E-state index in [0.29, 0.717) is 31.5 Å². The monoisotopic (exact) mass is 390 g/mol. The Labute approximate surface area is 168 Å². The Morgan fingerprint density at radius 1 is 1.00 bits per heavy atom. The third-order valence-electron chi connectivity index (χ3n) is 6.30. The van der Waals surface area contributed by atoms with Gasteiger partial charge in [-0.15, -0.1) is 0 Å². The van der Waals surface area contributed by atoms with Gasteiger partial charge in [0.1, 0.15) is 0 Å². The first-order valence-corrected chi connectivity index (χ1v) is 9.97. The standard InChI is InChI=1S/C22H22N4O3/c1-14-19(11-23-26(14)15-7-3-2-4-8-15)20(27)24-12-16(13-24)25-21(28)17-9-5-6-10-18(17)22(25)29/h2-8,11,16-18H,9-10,12-13H2,1H3. The molecule has 2 unspecified atom stereocenters. The molecule has 2 aromatic rings. The molecule has 3 amide bonds. The van der Waals surface area contributed by atoms with Gasteiger partial charge in [-0.1, -0.05) is 30.4 Å². The second-order valence-corrected chi connectivity index (χ2v) is 7.96. The van der Waals surface area contributed by atoms with E-state index in [1.807, 2.05) is 49.4 Å². The van der Waals surface area contributed by atoms with Gasteiger partial charge in [0.2, 0.25) is 11.8 Å². The number of nitrogens with zero attached hydrogens (tertiary/aromatic N) is 4. The highest BCUT2D eigenvalue weighted by Gasteiger charge is 2.52. The minimum absolute atomic E-state index is 0.0745. The number of allylic oxidation sites excluding steroid dienone is 2. The molecule has 148 valence electrons. The first kappa shape index (κ1) is 17.8. The van der Waals surface area contributed by atoms with Gasteiger partial charge in [-0.2, -0.15) is 5.10 Å². The highest BCUT2D eigenvalue weighted by Crippen LogP contribution is 2.37. The highest BCUT2D eigenvalue weighted by atomic mass is 16.2. The second kappa shape index (κ2) is 6.69. The number of hydrogen-bond donors (Lipinski definition) is 0. The second-order valence-electron chi connectivity index (χ2n) is 7.96. The summed E-state index contributed by atoms with van der Waals surface area (Å²) in [6, 6.07) is 9.44. The number of aromatic nitrogens is 2. The summed E-state index contributed by atoms with van der Waals surface area (Å²) in [6.07, 6.45) is 6.83. The number of benzene rings is 1. The molecule has 3 aliphatic rings. The van der Waals surface area contributed by atoms with Crippen molar-refractivity contribution in [2.24, 2.45) is 11.8 Å². The zero-order valence-corrected chi connectivity index (χ0v) is 16.2. The normalized spacial score (nSPS) is 24.0. The lowest BCUT2D eigenvalue weighted by molar-refractivity contribution is -0.145. The Bertz CT molecular complexity index is 994. The molecule has 7 heteroatoms. The van der Waals surface area contributed by atoms with Gasteiger partial charge >= 0.3 is 0 Å². The van der Waals surface area contributed by atoms with E-state index < -0.39 is 0 Å². The van der Waals surface area contributed by atoms with Gasteiger partial charge in [0.15, 0.2) is 0 Å². The first-order valence-electron chi connectivity index (χ1n) is 9.97. The highest BCUT2D eigenvalue weighted by molar-refractivity contribution is 6.06. The summed E-state index contributed by atoms with van der Waals surface area (Å²) in [5, 5.41) is 4.36. The molecule has 2 atom stereocenters. The molecule has 1 aromatic heterocycles. The molecular formula is C22H22N4O3. The Morgan fingerprint density at radius 2 is 1.62 bits per heavy atom. The van der Waals surface area contributed by atoms with Crippen molar-refractivity contribution in [1.82, 2.24) is 19.6 Å². The molecular weight excluding hydrogens is 368 g/mol. The third kappa shape index (κ3) is 2.72. The van der Waals surface area contributed by atoms with Crippen LogP contribution in [0.5, 0.6) is 0 Å². The Kier molecular flexibility index (Phi) is 4.12. The van der Waals surface area contributed by atoms with Crippen molar-refractivity contribution in [3.63, 3.8) is 0 Å². The van der Waals surface area contributed by atoms with Crippen LogP contribution >= 0.6 is 0 Å². The average molecular weight is 390 g/mol. The van der Waals surface area contributed by atoms with Crippen molar-refractivity contribution < 1.29 is 14.4 Å². The van der Waals surface area contributed by atoms with E-state index in [9.17, 15) is 14.4 Å². The fourth-order valence-corrected chi connectivity index (χ4v) is 4.59. The Hall–Kier alpha value is -3.22. The van der Waals surface area contributed by atoms with Gasteiger partial charge in [0.25, 0.3) is 5.91 Å². The van der Waals surface area contributed by atoms with Gasteiger partial charge in [0.05, 0.1) is 41.0 Å². The van der Waals surface area contributed by atoms with Crippen molar-refractivity contribution in [2.75, 3.05) is 13.1 Å². The molecule has 3 heterocycles. The minimum Gasteiger partial charge on any atom is -0.334 e. The van der Waals surface area contributed by atoms with Crippen LogP contribution in [0.4, 0.5) is 0 Å². The molecule has 29 heavy (non-hydrogen) atoms. The molecule has 0 N–H and O–H groups in total. The van der Waals surface area contributed by atoms with Crippen LogP contribution < -0.4 is 0 Å². The number of carbonyl (C=O) groups is 3. The number of rotatable bonds is 3. The SMILES string of the molecule is Cc1c(C(=O)N2CC(N3C(=O)C4CC=CCC4C3=O)C2)cnn1-c1ccccc1. The summed E-state index contributed by atoms with van der Waals surface area (Å²) in [6.45, 7) is 2.65. The van der Waals surface area contributed by atoms with E-state index in [1.54, 1.807) is 15.8 Å². The molecule has 0 saturated carbocycles. The van der Waals surface area contributed by atoms with Crippen LogP contribution in [0.25, 0.3) is 5.69 Å². The maximum Gasteiger partial charge on any atom is 0.257 e. The molecule has 2 fully saturated rings. The van der Waals surface area contributed by atoms with Gasteiger partial charge in [-0.25, -0.2) is 4.68 Å². The lowest BCUT2D eigenvalue weighted by Gasteiger charge is -2.43. The summed E-state index contributed by atoms with van der Waals surface area (Å²) in [5.74, 6) is -0.699. The van der Waals surface area contributed by atoms with E-state index in [-0.39, 0.29) is 35.6 Å². The Morgan fingerprint density at radius 3 is 2.24 bits per heavy atom. The fourth-order valence-electron chi connectivity index (χ4n) is 4.59. The van der Waals surface area contributed by atoms with Gasteiger partial charge < -0.3 is 4.90 Å². The van der Waals surface area contributed by atoms with Crippen molar-refractivity contribution >= 4 is 17.7 Å². The summed E-state index contributed by atoms with van der Waals surface area (Å²) >= 11 is 0. The lowest BCUT2D eigenvalue weighted by atomic mass is 9.85. The van der Waals surface area contributed by atoms with Crippen LogP contribution in [0.1, 0.15) is 28.9 Å². The summed E-state index contributed by atoms with van der Waals surface area (Å²) in [5.41, 5.74) is 2.22. The third-order valence-corrected chi connectivity index (χ3v) is 6.30. The zero-order valence-electron chi connectivity index (χ0n) is 16.2. The zero-order chi connectivity index (χ0) is 20.1. The van der Waals surface area contributed by atoms with Crippen molar-refractivity contribution in [1.29, 1.82) is 0 Å². The number of imide groups is 1.